The van der Waals surface area contributed by atoms with E-state index in [0.717, 1.165) is 29.7 Å². The molecule has 0 saturated heterocycles. The maximum absolute atomic E-state index is 5.80. The zero-order valence-corrected chi connectivity index (χ0v) is 12.6. The monoisotopic (exact) mass is 297 g/mol. The average molecular weight is 298 g/mol. The SMILES string of the molecule is CCCc1ccc2c(Nc3ccc(Cl)nc3)nccc2c1. The van der Waals surface area contributed by atoms with Gasteiger partial charge >= 0.3 is 0 Å². The van der Waals surface area contributed by atoms with Crippen LogP contribution < -0.4 is 5.32 Å². The van der Waals surface area contributed by atoms with Crippen molar-refractivity contribution in [1.82, 2.24) is 9.97 Å². The molecule has 21 heavy (non-hydrogen) atoms. The van der Waals surface area contributed by atoms with Crippen LogP contribution in [-0.2, 0) is 6.42 Å². The molecule has 1 aromatic carbocycles. The molecule has 0 aliphatic heterocycles. The minimum absolute atomic E-state index is 0.482. The molecule has 3 aromatic rings. The van der Waals surface area contributed by atoms with Crippen molar-refractivity contribution in [1.29, 1.82) is 0 Å². The zero-order valence-electron chi connectivity index (χ0n) is 11.8. The zero-order chi connectivity index (χ0) is 14.7. The fourth-order valence-electron chi connectivity index (χ4n) is 2.36. The third-order valence-electron chi connectivity index (χ3n) is 3.36. The number of nitrogens with zero attached hydrogens (tertiary/aromatic N) is 2. The summed E-state index contributed by atoms with van der Waals surface area (Å²) < 4.78 is 0. The number of aryl methyl sites for hydroxylation is 1. The molecule has 106 valence electrons. The van der Waals surface area contributed by atoms with Crippen LogP contribution in [0.25, 0.3) is 10.8 Å². The first-order valence-corrected chi connectivity index (χ1v) is 7.40. The van der Waals surface area contributed by atoms with Gasteiger partial charge in [-0.1, -0.05) is 43.1 Å². The highest BCUT2D eigenvalue weighted by Gasteiger charge is 2.04. The standard InChI is InChI=1S/C17H16ClN3/c1-2-3-12-4-6-15-13(10-12)8-9-19-17(15)21-14-5-7-16(18)20-11-14/h4-11H,2-3H2,1H3,(H,19,21). The smallest absolute Gasteiger partial charge is 0.138 e. The Bertz CT molecular complexity index is 754. The molecule has 3 nitrogen and oxygen atoms in total. The van der Waals surface area contributed by atoms with Crippen molar-refractivity contribution in [2.75, 3.05) is 5.32 Å². The summed E-state index contributed by atoms with van der Waals surface area (Å²) in [7, 11) is 0. The first-order chi connectivity index (χ1) is 10.3. The molecule has 0 aliphatic carbocycles. The lowest BCUT2D eigenvalue weighted by Gasteiger charge is -2.09. The van der Waals surface area contributed by atoms with Gasteiger partial charge in [0.25, 0.3) is 0 Å². The fourth-order valence-corrected chi connectivity index (χ4v) is 2.47. The second-order valence-electron chi connectivity index (χ2n) is 4.96. The first-order valence-electron chi connectivity index (χ1n) is 7.02. The Morgan fingerprint density at radius 1 is 1.10 bits per heavy atom. The second-order valence-corrected chi connectivity index (χ2v) is 5.35. The van der Waals surface area contributed by atoms with E-state index in [-0.39, 0.29) is 0 Å². The van der Waals surface area contributed by atoms with Gasteiger partial charge in [0.1, 0.15) is 11.0 Å². The van der Waals surface area contributed by atoms with Crippen LogP contribution in [0.3, 0.4) is 0 Å². The number of halogens is 1. The molecule has 0 spiro atoms. The van der Waals surface area contributed by atoms with Gasteiger partial charge in [-0.15, -0.1) is 0 Å². The summed E-state index contributed by atoms with van der Waals surface area (Å²) in [5, 5.41) is 6.07. The largest absolute Gasteiger partial charge is 0.338 e. The Morgan fingerprint density at radius 2 is 2.00 bits per heavy atom. The number of fused-ring (bicyclic) bond motifs is 1. The molecule has 0 bridgehead atoms. The highest BCUT2D eigenvalue weighted by Crippen LogP contribution is 2.25. The molecule has 0 fully saturated rings. The van der Waals surface area contributed by atoms with E-state index in [4.69, 9.17) is 11.6 Å². The molecule has 0 atom stereocenters. The quantitative estimate of drug-likeness (QED) is 0.690. The molecule has 0 aliphatic rings. The minimum atomic E-state index is 0.482. The Hall–Kier alpha value is -2.13. The van der Waals surface area contributed by atoms with E-state index in [1.807, 2.05) is 18.3 Å². The molecule has 2 aromatic heterocycles. The fraction of sp³-hybridized carbons (Fsp3) is 0.176. The normalized spacial score (nSPS) is 10.8. The lowest BCUT2D eigenvalue weighted by atomic mass is 10.1. The third-order valence-corrected chi connectivity index (χ3v) is 3.58. The van der Waals surface area contributed by atoms with E-state index in [1.165, 1.54) is 10.9 Å². The lowest BCUT2D eigenvalue weighted by molar-refractivity contribution is 0.923. The van der Waals surface area contributed by atoms with Gasteiger partial charge in [-0.25, -0.2) is 9.97 Å². The van der Waals surface area contributed by atoms with Crippen LogP contribution in [0.4, 0.5) is 11.5 Å². The van der Waals surface area contributed by atoms with Crippen molar-refractivity contribution in [3.63, 3.8) is 0 Å². The van der Waals surface area contributed by atoms with Gasteiger partial charge in [0.05, 0.1) is 11.9 Å². The Kier molecular flexibility index (Phi) is 4.02. The van der Waals surface area contributed by atoms with Crippen molar-refractivity contribution in [2.45, 2.75) is 19.8 Å². The number of hydrogen-bond donors (Lipinski definition) is 1. The maximum Gasteiger partial charge on any atom is 0.138 e. The number of benzene rings is 1. The third kappa shape index (κ3) is 3.14. The second kappa shape index (κ2) is 6.10. The van der Waals surface area contributed by atoms with Crippen LogP contribution in [0.2, 0.25) is 5.15 Å². The minimum Gasteiger partial charge on any atom is -0.338 e. The maximum atomic E-state index is 5.80. The molecule has 0 radical (unpaired) electrons. The van der Waals surface area contributed by atoms with Gasteiger partial charge in [-0.05, 0) is 35.6 Å². The molecule has 4 heteroatoms. The highest BCUT2D eigenvalue weighted by atomic mass is 35.5. The summed E-state index contributed by atoms with van der Waals surface area (Å²) in [6.07, 6.45) is 5.78. The van der Waals surface area contributed by atoms with E-state index in [1.54, 1.807) is 12.3 Å². The Labute approximate surface area is 129 Å². The summed E-state index contributed by atoms with van der Waals surface area (Å²) in [5.74, 6) is 0.833. The molecule has 0 amide bonds. The first kappa shape index (κ1) is 13.8. The molecule has 1 N–H and O–H groups in total. The van der Waals surface area contributed by atoms with Crippen molar-refractivity contribution in [3.05, 3.63) is 59.5 Å². The topological polar surface area (TPSA) is 37.8 Å². The van der Waals surface area contributed by atoms with Crippen LogP contribution in [0, 0.1) is 0 Å². The van der Waals surface area contributed by atoms with Crippen LogP contribution in [0.15, 0.2) is 48.8 Å². The molecule has 0 saturated carbocycles. The van der Waals surface area contributed by atoms with Crippen LogP contribution in [0.5, 0.6) is 0 Å². The van der Waals surface area contributed by atoms with E-state index in [0.29, 0.717) is 5.15 Å². The van der Waals surface area contributed by atoms with Crippen molar-refractivity contribution in [3.8, 4) is 0 Å². The summed E-state index contributed by atoms with van der Waals surface area (Å²) >= 11 is 5.80. The van der Waals surface area contributed by atoms with E-state index < -0.39 is 0 Å². The molecular weight excluding hydrogens is 282 g/mol. The molecule has 2 heterocycles. The molecular formula is C17H16ClN3. The average Bonchev–Trinajstić information content (AvgIpc) is 2.50. The van der Waals surface area contributed by atoms with Crippen LogP contribution >= 0.6 is 11.6 Å². The number of aromatic nitrogens is 2. The van der Waals surface area contributed by atoms with Gasteiger partial charge in [0.2, 0.25) is 0 Å². The highest BCUT2D eigenvalue weighted by molar-refractivity contribution is 6.29. The van der Waals surface area contributed by atoms with Crippen LogP contribution in [-0.4, -0.2) is 9.97 Å². The van der Waals surface area contributed by atoms with Gasteiger partial charge in [0.15, 0.2) is 0 Å². The summed E-state index contributed by atoms with van der Waals surface area (Å²) in [6, 6.07) is 12.2. The lowest BCUT2D eigenvalue weighted by Crippen LogP contribution is -1.95. The van der Waals surface area contributed by atoms with Crippen molar-refractivity contribution >= 4 is 33.9 Å². The number of rotatable bonds is 4. The Balaban J connectivity index is 1.96. The predicted octanol–water partition coefficient (Wildman–Crippen LogP) is 4.98. The van der Waals surface area contributed by atoms with E-state index in [9.17, 15) is 0 Å². The number of nitrogens with one attached hydrogen (secondary N) is 1. The number of pyridine rings is 2. The summed E-state index contributed by atoms with van der Waals surface area (Å²) in [5.41, 5.74) is 2.23. The predicted molar refractivity (Wildman–Crippen MR) is 88.3 cm³/mol. The Morgan fingerprint density at radius 3 is 2.76 bits per heavy atom. The van der Waals surface area contributed by atoms with Gasteiger partial charge < -0.3 is 5.32 Å². The van der Waals surface area contributed by atoms with Crippen LogP contribution in [0.1, 0.15) is 18.9 Å². The van der Waals surface area contributed by atoms with E-state index >= 15 is 0 Å². The van der Waals surface area contributed by atoms with Gasteiger partial charge in [-0.3, -0.25) is 0 Å². The molecule has 3 rings (SSSR count). The molecule has 0 unspecified atom stereocenters. The summed E-state index contributed by atoms with van der Waals surface area (Å²) in [6.45, 7) is 2.19. The van der Waals surface area contributed by atoms with Crippen molar-refractivity contribution < 1.29 is 0 Å². The number of hydrogen-bond acceptors (Lipinski definition) is 3. The van der Waals surface area contributed by atoms with Gasteiger partial charge in [0, 0.05) is 11.6 Å². The number of anilines is 2. The van der Waals surface area contributed by atoms with Gasteiger partial charge in [-0.2, -0.15) is 0 Å². The summed E-state index contributed by atoms with van der Waals surface area (Å²) in [4.78, 5) is 8.50. The van der Waals surface area contributed by atoms with Crippen molar-refractivity contribution in [2.24, 2.45) is 0 Å². The van der Waals surface area contributed by atoms with E-state index in [2.05, 4.69) is 40.4 Å².